The van der Waals surface area contributed by atoms with Gasteiger partial charge in [0.25, 0.3) is 0 Å². The molecular weight excluding hydrogens is 290 g/mol. The van der Waals surface area contributed by atoms with Gasteiger partial charge < -0.3 is 0 Å². The predicted octanol–water partition coefficient (Wildman–Crippen LogP) is 2.84. The average Bonchev–Trinajstić information content (AvgIpc) is 2.64. The Balaban J connectivity index is 2.32. The van der Waals surface area contributed by atoms with Crippen LogP contribution in [0.1, 0.15) is 16.2 Å². The maximum absolute atomic E-state index is 10.9. The van der Waals surface area contributed by atoms with E-state index in [0.29, 0.717) is 10.7 Å². The van der Waals surface area contributed by atoms with Crippen LogP contribution in [-0.2, 0) is 0 Å². The monoisotopic (exact) mass is 297 g/mol. The molecule has 0 radical (unpaired) electrons. The fourth-order valence-electron chi connectivity index (χ4n) is 1.16. The molecule has 4 nitrogen and oxygen atoms in total. The van der Waals surface area contributed by atoms with Crippen LogP contribution >= 0.6 is 27.7 Å². The standard InChI is InChI=1S/C10H8BrN3OS/c1-6-12-10(14-13-6)16-9-4-8(11)3-2-7(9)5-15/h2-5H,1H3,(H,12,13,14). The molecule has 0 unspecified atom stereocenters. The Morgan fingerprint density at radius 3 is 2.94 bits per heavy atom. The molecule has 1 heterocycles. The highest BCUT2D eigenvalue weighted by molar-refractivity contribution is 9.10. The highest BCUT2D eigenvalue weighted by Crippen LogP contribution is 2.29. The van der Waals surface area contributed by atoms with Crippen LogP contribution in [-0.4, -0.2) is 21.5 Å². The van der Waals surface area contributed by atoms with E-state index in [1.807, 2.05) is 19.1 Å². The van der Waals surface area contributed by atoms with Crippen LogP contribution in [0, 0.1) is 6.92 Å². The average molecular weight is 298 g/mol. The van der Waals surface area contributed by atoms with E-state index >= 15 is 0 Å². The van der Waals surface area contributed by atoms with Crippen molar-refractivity contribution >= 4 is 34.0 Å². The van der Waals surface area contributed by atoms with Crippen LogP contribution in [0.25, 0.3) is 0 Å². The topological polar surface area (TPSA) is 58.6 Å². The molecule has 0 amide bonds. The molecule has 0 spiro atoms. The van der Waals surface area contributed by atoms with Crippen LogP contribution in [0.2, 0.25) is 0 Å². The predicted molar refractivity (Wildman–Crippen MR) is 64.8 cm³/mol. The second-order valence-corrected chi connectivity index (χ2v) is 5.03. The van der Waals surface area contributed by atoms with Gasteiger partial charge in [-0.05, 0) is 36.9 Å². The van der Waals surface area contributed by atoms with Crippen molar-refractivity contribution < 1.29 is 4.79 Å². The highest BCUT2D eigenvalue weighted by atomic mass is 79.9. The van der Waals surface area contributed by atoms with Gasteiger partial charge >= 0.3 is 0 Å². The third kappa shape index (κ3) is 2.51. The molecule has 1 N–H and O–H groups in total. The van der Waals surface area contributed by atoms with Crippen LogP contribution in [0.3, 0.4) is 0 Å². The number of H-pyrrole nitrogens is 1. The van der Waals surface area contributed by atoms with Crippen molar-refractivity contribution in [2.24, 2.45) is 0 Å². The largest absolute Gasteiger partial charge is 0.298 e. The number of rotatable bonds is 3. The molecule has 16 heavy (non-hydrogen) atoms. The van der Waals surface area contributed by atoms with Crippen molar-refractivity contribution in [2.45, 2.75) is 17.0 Å². The zero-order chi connectivity index (χ0) is 11.5. The maximum Gasteiger partial charge on any atom is 0.213 e. The first-order valence-corrected chi connectivity index (χ1v) is 6.11. The zero-order valence-corrected chi connectivity index (χ0v) is 10.8. The third-order valence-electron chi connectivity index (χ3n) is 1.88. The molecule has 0 atom stereocenters. The molecule has 2 rings (SSSR count). The first kappa shape index (κ1) is 11.3. The number of hydrogen-bond acceptors (Lipinski definition) is 4. The summed E-state index contributed by atoms with van der Waals surface area (Å²) in [6.45, 7) is 1.83. The second-order valence-electron chi connectivity index (χ2n) is 3.11. The molecule has 1 aromatic carbocycles. The van der Waals surface area contributed by atoms with Crippen LogP contribution in [0.5, 0.6) is 0 Å². The summed E-state index contributed by atoms with van der Waals surface area (Å²) in [7, 11) is 0. The van der Waals surface area contributed by atoms with E-state index in [4.69, 9.17) is 0 Å². The Morgan fingerprint density at radius 2 is 2.31 bits per heavy atom. The number of halogens is 1. The molecule has 0 saturated heterocycles. The molecule has 82 valence electrons. The first-order chi connectivity index (χ1) is 7.69. The molecule has 1 aromatic heterocycles. The minimum atomic E-state index is 0.610. The van der Waals surface area contributed by atoms with E-state index in [2.05, 4.69) is 31.1 Å². The minimum absolute atomic E-state index is 0.610. The summed E-state index contributed by atoms with van der Waals surface area (Å²) in [5.74, 6) is 0.755. The van der Waals surface area contributed by atoms with Gasteiger partial charge in [-0.15, -0.1) is 5.10 Å². The third-order valence-corrected chi connectivity index (χ3v) is 3.31. The zero-order valence-electron chi connectivity index (χ0n) is 8.40. The summed E-state index contributed by atoms with van der Waals surface area (Å²) >= 11 is 4.73. The Labute approximate surface area is 105 Å². The van der Waals surface area contributed by atoms with Crippen LogP contribution < -0.4 is 0 Å². The smallest absolute Gasteiger partial charge is 0.213 e. The SMILES string of the molecule is Cc1nc(Sc2cc(Br)ccc2C=O)n[nH]1. The van der Waals surface area contributed by atoms with E-state index in [0.717, 1.165) is 21.5 Å². The lowest BCUT2D eigenvalue weighted by Crippen LogP contribution is -1.86. The van der Waals surface area contributed by atoms with Gasteiger partial charge in [0.1, 0.15) is 5.82 Å². The lowest BCUT2D eigenvalue weighted by molar-refractivity contribution is 0.112. The van der Waals surface area contributed by atoms with Crippen molar-refractivity contribution in [3.05, 3.63) is 34.1 Å². The van der Waals surface area contributed by atoms with E-state index in [1.165, 1.54) is 11.8 Å². The van der Waals surface area contributed by atoms with Gasteiger partial charge in [0, 0.05) is 14.9 Å². The molecular formula is C10H8BrN3OS. The van der Waals surface area contributed by atoms with E-state index in [1.54, 1.807) is 6.07 Å². The number of carbonyl (C=O) groups is 1. The molecule has 6 heteroatoms. The number of carbonyl (C=O) groups excluding carboxylic acids is 1. The number of nitrogens with zero attached hydrogens (tertiary/aromatic N) is 2. The van der Waals surface area contributed by atoms with Gasteiger partial charge in [-0.3, -0.25) is 9.89 Å². The van der Waals surface area contributed by atoms with Crippen LogP contribution in [0.15, 0.2) is 32.7 Å². The number of hydrogen-bond donors (Lipinski definition) is 1. The van der Waals surface area contributed by atoms with Gasteiger partial charge in [0.05, 0.1) is 0 Å². The van der Waals surface area contributed by atoms with E-state index < -0.39 is 0 Å². The van der Waals surface area contributed by atoms with Crippen molar-refractivity contribution in [3.63, 3.8) is 0 Å². The summed E-state index contributed by atoms with van der Waals surface area (Å²) in [6, 6.07) is 5.47. The normalized spacial score (nSPS) is 10.4. The minimum Gasteiger partial charge on any atom is -0.298 e. The number of aldehydes is 1. The second kappa shape index (κ2) is 4.80. The quantitative estimate of drug-likeness (QED) is 0.885. The molecule has 0 fully saturated rings. The van der Waals surface area contributed by atoms with Crippen molar-refractivity contribution in [3.8, 4) is 0 Å². The summed E-state index contributed by atoms with van der Waals surface area (Å²) in [5.41, 5.74) is 0.635. The number of aryl methyl sites for hydroxylation is 1. The van der Waals surface area contributed by atoms with Crippen LogP contribution in [0.4, 0.5) is 0 Å². The summed E-state index contributed by atoms with van der Waals surface area (Å²) in [6.07, 6.45) is 0.828. The number of benzene rings is 1. The van der Waals surface area contributed by atoms with Gasteiger partial charge in [0.2, 0.25) is 5.16 Å². The molecule has 2 aromatic rings. The van der Waals surface area contributed by atoms with E-state index in [-0.39, 0.29) is 0 Å². The maximum atomic E-state index is 10.9. The van der Waals surface area contributed by atoms with Crippen molar-refractivity contribution in [1.82, 2.24) is 15.2 Å². The Morgan fingerprint density at radius 1 is 1.50 bits per heavy atom. The number of nitrogens with one attached hydrogen (secondary N) is 1. The number of aromatic amines is 1. The van der Waals surface area contributed by atoms with Gasteiger partial charge in [-0.25, -0.2) is 4.98 Å². The molecule has 0 saturated carbocycles. The molecule has 0 aliphatic carbocycles. The number of aromatic nitrogens is 3. The Bertz CT molecular complexity index is 527. The first-order valence-electron chi connectivity index (χ1n) is 4.50. The molecule has 0 bridgehead atoms. The fourth-order valence-corrected chi connectivity index (χ4v) is 2.56. The Kier molecular flexibility index (Phi) is 3.40. The summed E-state index contributed by atoms with van der Waals surface area (Å²) < 4.78 is 0.924. The van der Waals surface area contributed by atoms with Crippen molar-refractivity contribution in [2.75, 3.05) is 0 Å². The lowest BCUT2D eigenvalue weighted by Gasteiger charge is -2.01. The highest BCUT2D eigenvalue weighted by Gasteiger charge is 2.07. The summed E-state index contributed by atoms with van der Waals surface area (Å²) in [5, 5.41) is 7.38. The Hall–Kier alpha value is -1.14. The van der Waals surface area contributed by atoms with Crippen molar-refractivity contribution in [1.29, 1.82) is 0 Å². The van der Waals surface area contributed by atoms with Gasteiger partial charge in [-0.1, -0.05) is 15.9 Å². The lowest BCUT2D eigenvalue weighted by atomic mass is 10.2. The van der Waals surface area contributed by atoms with E-state index in [9.17, 15) is 4.79 Å². The molecule has 0 aliphatic heterocycles. The van der Waals surface area contributed by atoms with Gasteiger partial charge in [0.15, 0.2) is 6.29 Å². The fraction of sp³-hybridized carbons (Fsp3) is 0.100. The van der Waals surface area contributed by atoms with Gasteiger partial charge in [-0.2, -0.15) is 0 Å². The summed E-state index contributed by atoms with van der Waals surface area (Å²) in [4.78, 5) is 15.9. The molecule has 0 aliphatic rings.